The summed E-state index contributed by atoms with van der Waals surface area (Å²) in [6, 6.07) is -1.05. The average molecular weight is 1080 g/mol. The van der Waals surface area contributed by atoms with Gasteiger partial charge in [0.15, 0.2) is 12.4 Å². The van der Waals surface area contributed by atoms with Crippen LogP contribution in [0, 0.1) is 0 Å². The van der Waals surface area contributed by atoms with Crippen molar-refractivity contribution in [1.29, 1.82) is 0 Å². The van der Waals surface area contributed by atoms with E-state index in [1.54, 1.807) is 6.08 Å². The zero-order chi connectivity index (χ0) is 56.1. The van der Waals surface area contributed by atoms with Crippen molar-refractivity contribution in [2.75, 3.05) is 13.2 Å². The summed E-state index contributed by atoms with van der Waals surface area (Å²) < 4.78 is 17.5. The second-order valence-electron chi connectivity index (χ2n) is 21.0. The van der Waals surface area contributed by atoms with Crippen LogP contribution in [0.15, 0.2) is 97.2 Å². The highest BCUT2D eigenvalue weighted by atomic mass is 16.7. The zero-order valence-electron chi connectivity index (χ0n) is 48.8. The van der Waals surface area contributed by atoms with Gasteiger partial charge in [-0.1, -0.05) is 246 Å². The quantitative estimate of drug-likeness (QED) is 0.0195. The van der Waals surface area contributed by atoms with E-state index in [4.69, 9.17) is 14.2 Å². The van der Waals surface area contributed by atoms with Gasteiger partial charge in [0.2, 0.25) is 5.91 Å². The number of nitrogens with one attached hydrogen (secondary N) is 1. The van der Waals surface area contributed by atoms with Crippen molar-refractivity contribution in [3.63, 3.8) is 0 Å². The Labute approximate surface area is 469 Å². The van der Waals surface area contributed by atoms with E-state index in [9.17, 15) is 35.1 Å². The fraction of sp³-hybridized carbons (Fsp3) is 0.727. The molecule has 0 aromatic heterocycles. The molecular formula is C66H113NO10. The van der Waals surface area contributed by atoms with Crippen LogP contribution in [0.3, 0.4) is 0 Å². The summed E-state index contributed by atoms with van der Waals surface area (Å²) in [6.45, 7) is 5.63. The summed E-state index contributed by atoms with van der Waals surface area (Å²) in [5, 5.41) is 56.9. The number of unbranched alkanes of at least 4 members (excludes halogenated alkanes) is 23. The molecule has 1 rings (SSSR count). The van der Waals surface area contributed by atoms with Gasteiger partial charge in [-0.3, -0.25) is 9.59 Å². The smallest absolute Gasteiger partial charge is 0.306 e. The van der Waals surface area contributed by atoms with E-state index in [1.807, 2.05) is 18.2 Å². The van der Waals surface area contributed by atoms with E-state index in [1.165, 1.54) is 96.3 Å². The Kier molecular flexibility index (Phi) is 49.5. The third-order valence-corrected chi connectivity index (χ3v) is 14.0. The predicted octanol–water partition coefficient (Wildman–Crippen LogP) is 14.7. The van der Waals surface area contributed by atoms with E-state index < -0.39 is 67.4 Å². The molecule has 8 atom stereocenters. The maximum Gasteiger partial charge on any atom is 0.306 e. The number of aliphatic hydroxyl groups excluding tert-OH is 5. The van der Waals surface area contributed by atoms with Crippen LogP contribution < -0.4 is 5.32 Å². The number of hydrogen-bond acceptors (Lipinski definition) is 10. The molecule has 11 heteroatoms. The lowest BCUT2D eigenvalue weighted by Crippen LogP contribution is -2.61. The minimum Gasteiger partial charge on any atom is -0.454 e. The van der Waals surface area contributed by atoms with Crippen LogP contribution in [-0.4, -0.2) is 99.6 Å². The molecule has 0 aromatic rings. The molecule has 0 spiro atoms. The largest absolute Gasteiger partial charge is 0.454 e. The lowest BCUT2D eigenvalue weighted by Gasteiger charge is -2.41. The monoisotopic (exact) mass is 1080 g/mol. The molecule has 0 saturated carbocycles. The fourth-order valence-corrected chi connectivity index (χ4v) is 9.08. The van der Waals surface area contributed by atoms with Crippen LogP contribution >= 0.6 is 0 Å². The highest BCUT2D eigenvalue weighted by Gasteiger charge is 2.47. The first-order valence-corrected chi connectivity index (χ1v) is 31.0. The molecule has 0 bridgehead atoms. The normalized spacial score (nSPS) is 19.7. The number of aliphatic hydroxyl groups is 5. The van der Waals surface area contributed by atoms with Gasteiger partial charge < -0.3 is 45.1 Å². The summed E-state index contributed by atoms with van der Waals surface area (Å²) in [7, 11) is 0. The molecule has 77 heavy (non-hydrogen) atoms. The third kappa shape index (κ3) is 41.3. The molecule has 6 N–H and O–H groups in total. The predicted molar refractivity (Wildman–Crippen MR) is 319 cm³/mol. The number of allylic oxidation sites excluding steroid dienone is 15. The Balaban J connectivity index is 2.75. The molecule has 0 radical (unpaired) electrons. The molecule has 1 aliphatic rings. The fourth-order valence-electron chi connectivity index (χ4n) is 9.08. The molecule has 1 saturated heterocycles. The van der Waals surface area contributed by atoms with Gasteiger partial charge in [-0.25, -0.2) is 0 Å². The molecule has 442 valence electrons. The Bertz CT molecular complexity index is 1620. The number of carbonyl (C=O) groups excluding carboxylic acids is 2. The van der Waals surface area contributed by atoms with Gasteiger partial charge >= 0.3 is 5.97 Å². The number of carbonyl (C=O) groups is 2. The van der Waals surface area contributed by atoms with Gasteiger partial charge in [-0.05, 0) is 89.9 Å². The molecule has 11 nitrogen and oxygen atoms in total. The standard InChI is InChI=1S/C66H113NO10/c1-4-7-10-13-16-19-22-25-27-29-30-31-33-36-39-42-45-48-51-54-61(71)77-64-63(73)62(72)60(55-68)76-66(64)75-56-57(58(69)52-49-46-43-40-37-34-24-21-18-15-12-9-6-3)67-65(74)59(70)53-50-47-44-41-38-35-32-28-26-23-20-17-14-11-8-5-2/h7,10,16,19,25-28,30-31,36,39,45,48-49,52,57-60,62-64,66,68-70,72-73H,4-6,8-9,11-15,17-18,20-24,29,32-35,37-38,40-44,46-47,50-51,53-56H2,1-3H3,(H,67,74)/b10-7-,19-16-,27-25-,28-26+,31-30-,39-36-,48-45-,52-49+. The average Bonchev–Trinajstić information content (AvgIpc) is 3.43. The van der Waals surface area contributed by atoms with Crippen LogP contribution in [-0.2, 0) is 23.8 Å². The minimum atomic E-state index is -1.65. The van der Waals surface area contributed by atoms with Gasteiger partial charge in [0.05, 0.1) is 25.4 Å². The van der Waals surface area contributed by atoms with Crippen molar-refractivity contribution in [2.45, 2.75) is 294 Å². The molecule has 8 unspecified atom stereocenters. The molecular weight excluding hydrogens is 967 g/mol. The highest BCUT2D eigenvalue weighted by molar-refractivity contribution is 5.80. The van der Waals surface area contributed by atoms with Crippen LogP contribution in [0.4, 0.5) is 0 Å². The van der Waals surface area contributed by atoms with E-state index in [0.29, 0.717) is 19.3 Å². The maximum absolute atomic E-state index is 13.4. The van der Waals surface area contributed by atoms with Gasteiger partial charge in [0.1, 0.15) is 24.4 Å². The van der Waals surface area contributed by atoms with Crippen molar-refractivity contribution in [3.8, 4) is 0 Å². The number of hydrogen-bond donors (Lipinski definition) is 6. The number of ether oxygens (including phenoxy) is 3. The molecule has 1 heterocycles. The highest BCUT2D eigenvalue weighted by Crippen LogP contribution is 2.26. The number of rotatable bonds is 51. The molecule has 1 aliphatic heterocycles. The minimum absolute atomic E-state index is 0.00612. The summed E-state index contributed by atoms with van der Waals surface area (Å²) >= 11 is 0. The van der Waals surface area contributed by atoms with Crippen molar-refractivity contribution < 1.29 is 49.3 Å². The Morgan fingerprint density at radius 2 is 0.935 bits per heavy atom. The first-order chi connectivity index (χ1) is 37.7. The Morgan fingerprint density at radius 3 is 1.40 bits per heavy atom. The molecule has 0 aromatic carbocycles. The van der Waals surface area contributed by atoms with Gasteiger partial charge in [-0.15, -0.1) is 0 Å². The van der Waals surface area contributed by atoms with Crippen molar-refractivity contribution in [1.82, 2.24) is 5.32 Å². The Morgan fingerprint density at radius 1 is 0.519 bits per heavy atom. The molecule has 1 fully saturated rings. The lowest BCUT2D eigenvalue weighted by atomic mass is 9.99. The number of esters is 1. The third-order valence-electron chi connectivity index (χ3n) is 14.0. The van der Waals surface area contributed by atoms with E-state index in [2.05, 4.69) is 99.0 Å². The second-order valence-corrected chi connectivity index (χ2v) is 21.0. The maximum atomic E-state index is 13.4. The number of amides is 1. The van der Waals surface area contributed by atoms with E-state index >= 15 is 0 Å². The van der Waals surface area contributed by atoms with Gasteiger partial charge in [0, 0.05) is 6.42 Å². The second kappa shape index (κ2) is 53.2. The van der Waals surface area contributed by atoms with Crippen molar-refractivity contribution in [2.24, 2.45) is 0 Å². The lowest BCUT2D eigenvalue weighted by molar-refractivity contribution is -0.305. The Hall–Kier alpha value is -3.42. The van der Waals surface area contributed by atoms with Crippen molar-refractivity contribution in [3.05, 3.63) is 97.2 Å². The van der Waals surface area contributed by atoms with Crippen LogP contribution in [0.5, 0.6) is 0 Å². The van der Waals surface area contributed by atoms with Crippen molar-refractivity contribution >= 4 is 11.9 Å². The molecule has 0 aliphatic carbocycles. The first-order valence-electron chi connectivity index (χ1n) is 31.0. The first kappa shape index (κ1) is 71.6. The van der Waals surface area contributed by atoms with Crippen LogP contribution in [0.25, 0.3) is 0 Å². The van der Waals surface area contributed by atoms with Crippen LogP contribution in [0.1, 0.15) is 245 Å². The topological polar surface area (TPSA) is 175 Å². The summed E-state index contributed by atoms with van der Waals surface area (Å²) in [5.74, 6) is -1.29. The molecule has 1 amide bonds. The summed E-state index contributed by atoms with van der Waals surface area (Å²) in [6.07, 6.45) is 60.2. The zero-order valence-corrected chi connectivity index (χ0v) is 48.8. The summed E-state index contributed by atoms with van der Waals surface area (Å²) in [5.41, 5.74) is 0. The van der Waals surface area contributed by atoms with Gasteiger partial charge in [0.25, 0.3) is 0 Å². The van der Waals surface area contributed by atoms with E-state index in [-0.39, 0.29) is 19.4 Å². The summed E-state index contributed by atoms with van der Waals surface area (Å²) in [4.78, 5) is 26.5. The SMILES string of the molecule is CC/C=C\C/C=C\C/C=C\C/C=C\C/C=C\C/C=C\CCC(=O)OC1C(OCC(NC(=O)C(O)CCCCCCCC/C=C/CCCCCCCC)C(O)/C=C/CCCCCCCCCCCCC)OC(CO)C(O)C1O. The van der Waals surface area contributed by atoms with Gasteiger partial charge in [-0.2, -0.15) is 0 Å². The van der Waals surface area contributed by atoms with E-state index in [0.717, 1.165) is 96.3 Å². The van der Waals surface area contributed by atoms with Crippen LogP contribution in [0.2, 0.25) is 0 Å².